The van der Waals surface area contributed by atoms with Crippen molar-refractivity contribution in [2.75, 3.05) is 39.4 Å². The molecule has 1 aromatic carbocycles. The van der Waals surface area contributed by atoms with E-state index in [0.29, 0.717) is 31.5 Å². The summed E-state index contributed by atoms with van der Waals surface area (Å²) in [6.07, 6.45) is 3.09. The van der Waals surface area contributed by atoms with E-state index < -0.39 is 0 Å². The number of piperidine rings is 1. The summed E-state index contributed by atoms with van der Waals surface area (Å²) in [4.78, 5) is 14.2. The van der Waals surface area contributed by atoms with Gasteiger partial charge in [-0.1, -0.05) is 18.2 Å². The predicted molar refractivity (Wildman–Crippen MR) is 94.7 cm³/mol. The van der Waals surface area contributed by atoms with Gasteiger partial charge in [0.25, 0.3) is 0 Å². The molecule has 2 heterocycles. The molecule has 25 heavy (non-hydrogen) atoms. The van der Waals surface area contributed by atoms with Crippen LogP contribution in [0.25, 0.3) is 0 Å². The van der Waals surface area contributed by atoms with E-state index in [-0.39, 0.29) is 11.8 Å². The largest absolute Gasteiger partial charge is 0.381 e. The highest BCUT2D eigenvalue weighted by Crippen LogP contribution is 2.19. The van der Waals surface area contributed by atoms with E-state index in [9.17, 15) is 9.18 Å². The topological polar surface area (TPSA) is 53.6 Å². The van der Waals surface area contributed by atoms with Crippen molar-refractivity contribution in [1.29, 1.82) is 0 Å². The smallest absolute Gasteiger partial charge is 0.314 e. The Morgan fingerprint density at radius 1 is 1.12 bits per heavy atom. The van der Waals surface area contributed by atoms with Crippen LogP contribution in [0.4, 0.5) is 9.18 Å². The molecule has 5 nitrogen and oxygen atoms in total. The zero-order valence-electron chi connectivity index (χ0n) is 14.7. The third kappa shape index (κ3) is 5.68. The van der Waals surface area contributed by atoms with Gasteiger partial charge < -0.3 is 15.4 Å². The van der Waals surface area contributed by atoms with E-state index in [2.05, 4.69) is 15.5 Å². The average molecular weight is 349 g/mol. The summed E-state index contributed by atoms with van der Waals surface area (Å²) in [7, 11) is 0. The monoisotopic (exact) mass is 349 g/mol. The molecular formula is C19H28FN3O2. The lowest BCUT2D eigenvalue weighted by atomic mass is 9.96. The molecule has 0 bridgehead atoms. The van der Waals surface area contributed by atoms with Gasteiger partial charge in [0, 0.05) is 37.7 Å². The maximum atomic E-state index is 13.7. The van der Waals surface area contributed by atoms with Crippen LogP contribution in [0, 0.1) is 17.7 Å². The second-order valence-electron chi connectivity index (χ2n) is 7.13. The molecule has 1 aromatic rings. The number of amides is 2. The second-order valence-corrected chi connectivity index (χ2v) is 7.13. The molecule has 6 heteroatoms. The molecule has 138 valence electrons. The van der Waals surface area contributed by atoms with Gasteiger partial charge in [0.05, 0.1) is 6.61 Å². The third-order valence-electron chi connectivity index (χ3n) is 5.19. The van der Waals surface area contributed by atoms with E-state index in [4.69, 9.17) is 4.74 Å². The summed E-state index contributed by atoms with van der Waals surface area (Å²) in [5, 5.41) is 5.91. The SMILES string of the molecule is O=C(NCC1CCN(Cc2ccccc2F)CC1)NC[C@H]1CCOC1. The summed E-state index contributed by atoms with van der Waals surface area (Å²) in [6.45, 7) is 5.51. The van der Waals surface area contributed by atoms with Gasteiger partial charge in [-0.05, 0) is 44.3 Å². The van der Waals surface area contributed by atoms with Crippen molar-refractivity contribution in [3.63, 3.8) is 0 Å². The molecule has 0 aromatic heterocycles. The number of ether oxygens (including phenoxy) is 1. The first kappa shape index (κ1) is 18.1. The van der Waals surface area contributed by atoms with Gasteiger partial charge in [-0.25, -0.2) is 9.18 Å². The second kappa shape index (κ2) is 9.15. The summed E-state index contributed by atoms with van der Waals surface area (Å²) < 4.78 is 19.0. The quantitative estimate of drug-likeness (QED) is 0.829. The number of hydrogen-bond donors (Lipinski definition) is 2. The highest BCUT2D eigenvalue weighted by molar-refractivity contribution is 5.73. The van der Waals surface area contributed by atoms with Gasteiger partial charge in [-0.2, -0.15) is 0 Å². The van der Waals surface area contributed by atoms with Crippen molar-refractivity contribution in [3.8, 4) is 0 Å². The van der Waals surface area contributed by atoms with Crippen LogP contribution >= 0.6 is 0 Å². The van der Waals surface area contributed by atoms with E-state index in [0.717, 1.165) is 51.1 Å². The van der Waals surface area contributed by atoms with Gasteiger partial charge in [0.2, 0.25) is 0 Å². The molecule has 0 saturated carbocycles. The minimum atomic E-state index is -0.129. The van der Waals surface area contributed by atoms with Gasteiger partial charge in [-0.3, -0.25) is 4.90 Å². The van der Waals surface area contributed by atoms with Crippen LogP contribution in [0.15, 0.2) is 24.3 Å². The van der Waals surface area contributed by atoms with Crippen molar-refractivity contribution in [3.05, 3.63) is 35.6 Å². The Kier molecular flexibility index (Phi) is 6.64. The van der Waals surface area contributed by atoms with Crippen molar-refractivity contribution in [2.45, 2.75) is 25.8 Å². The number of urea groups is 1. The molecule has 2 saturated heterocycles. The standard InChI is InChI=1S/C19H28FN3O2/c20-18-4-2-1-3-17(18)13-23-8-5-15(6-9-23)11-21-19(24)22-12-16-7-10-25-14-16/h1-4,15-16H,5-14H2,(H2,21,22,24)/t16-/m1/s1. The molecule has 0 aliphatic carbocycles. The van der Waals surface area contributed by atoms with Gasteiger partial charge in [0.1, 0.15) is 5.82 Å². The number of benzene rings is 1. The number of carbonyl (C=O) groups is 1. The molecule has 2 aliphatic heterocycles. The molecular weight excluding hydrogens is 321 g/mol. The van der Waals surface area contributed by atoms with Crippen LogP contribution in [-0.4, -0.2) is 50.3 Å². The minimum absolute atomic E-state index is 0.0827. The Labute approximate surface area is 148 Å². The van der Waals surface area contributed by atoms with Gasteiger partial charge in [0.15, 0.2) is 0 Å². The van der Waals surface area contributed by atoms with Gasteiger partial charge >= 0.3 is 6.03 Å². The molecule has 1 atom stereocenters. The summed E-state index contributed by atoms with van der Waals surface area (Å²) >= 11 is 0. The van der Waals surface area contributed by atoms with Crippen LogP contribution in [0.3, 0.4) is 0 Å². The zero-order valence-corrected chi connectivity index (χ0v) is 14.7. The van der Waals surface area contributed by atoms with E-state index >= 15 is 0 Å². The van der Waals surface area contributed by atoms with E-state index in [1.165, 1.54) is 6.07 Å². The first-order valence-corrected chi connectivity index (χ1v) is 9.26. The Morgan fingerprint density at radius 3 is 2.52 bits per heavy atom. The van der Waals surface area contributed by atoms with Crippen LogP contribution in [0.2, 0.25) is 0 Å². The fourth-order valence-electron chi connectivity index (χ4n) is 3.50. The molecule has 2 aliphatic rings. The first-order chi connectivity index (χ1) is 12.2. The van der Waals surface area contributed by atoms with Gasteiger partial charge in [-0.15, -0.1) is 0 Å². The van der Waals surface area contributed by atoms with Crippen molar-refractivity contribution < 1.29 is 13.9 Å². The van der Waals surface area contributed by atoms with Crippen LogP contribution in [-0.2, 0) is 11.3 Å². The number of halogens is 1. The lowest BCUT2D eigenvalue weighted by Crippen LogP contribution is -2.43. The number of nitrogens with zero attached hydrogens (tertiary/aromatic N) is 1. The van der Waals surface area contributed by atoms with E-state index in [1.54, 1.807) is 6.07 Å². The van der Waals surface area contributed by atoms with Crippen LogP contribution in [0.1, 0.15) is 24.8 Å². The number of nitrogens with one attached hydrogen (secondary N) is 2. The molecule has 2 fully saturated rings. The Bertz CT molecular complexity index is 555. The van der Waals surface area contributed by atoms with Crippen molar-refractivity contribution in [1.82, 2.24) is 15.5 Å². The normalized spacial score (nSPS) is 22.0. The molecule has 2 N–H and O–H groups in total. The minimum Gasteiger partial charge on any atom is -0.381 e. The van der Waals surface area contributed by atoms with Crippen LogP contribution < -0.4 is 10.6 Å². The zero-order chi connectivity index (χ0) is 17.5. The number of carbonyl (C=O) groups excluding carboxylic acids is 1. The molecule has 0 unspecified atom stereocenters. The summed E-state index contributed by atoms with van der Waals surface area (Å²) in [5.74, 6) is 0.820. The third-order valence-corrected chi connectivity index (χ3v) is 5.19. The molecule has 0 spiro atoms. The number of likely N-dealkylation sites (tertiary alicyclic amines) is 1. The maximum Gasteiger partial charge on any atom is 0.314 e. The molecule has 0 radical (unpaired) electrons. The van der Waals surface area contributed by atoms with Crippen molar-refractivity contribution >= 4 is 6.03 Å². The molecule has 3 rings (SSSR count). The summed E-state index contributed by atoms with van der Waals surface area (Å²) in [5.41, 5.74) is 0.759. The highest BCUT2D eigenvalue weighted by Gasteiger charge is 2.21. The van der Waals surface area contributed by atoms with Crippen molar-refractivity contribution in [2.24, 2.45) is 11.8 Å². The first-order valence-electron chi connectivity index (χ1n) is 9.26. The Morgan fingerprint density at radius 2 is 1.84 bits per heavy atom. The maximum absolute atomic E-state index is 13.7. The fraction of sp³-hybridized carbons (Fsp3) is 0.632. The lowest BCUT2D eigenvalue weighted by molar-refractivity contribution is 0.172. The lowest BCUT2D eigenvalue weighted by Gasteiger charge is -2.32. The van der Waals surface area contributed by atoms with E-state index in [1.807, 2.05) is 12.1 Å². The highest BCUT2D eigenvalue weighted by atomic mass is 19.1. The number of rotatable bonds is 6. The Balaban J connectivity index is 1.31. The van der Waals surface area contributed by atoms with Crippen LogP contribution in [0.5, 0.6) is 0 Å². The predicted octanol–water partition coefficient (Wildman–Crippen LogP) is 2.37. The average Bonchev–Trinajstić information content (AvgIpc) is 3.15. The molecule has 2 amide bonds. The number of hydrogen-bond acceptors (Lipinski definition) is 3. The fourth-order valence-corrected chi connectivity index (χ4v) is 3.50. The summed E-state index contributed by atoms with van der Waals surface area (Å²) in [6, 6.07) is 6.89. The Hall–Kier alpha value is -1.66.